The zero-order valence-electron chi connectivity index (χ0n) is 6.92. The first-order valence-electron chi connectivity index (χ1n) is 3.70. The molecule has 1 unspecified atom stereocenters. The van der Waals surface area contributed by atoms with Crippen LogP contribution >= 0.6 is 0 Å². The lowest BCUT2D eigenvalue weighted by Crippen LogP contribution is -2.09. The summed E-state index contributed by atoms with van der Waals surface area (Å²) in [5.41, 5.74) is -0.132. The van der Waals surface area contributed by atoms with Gasteiger partial charge in [-0.1, -0.05) is 0 Å². The van der Waals surface area contributed by atoms with Crippen molar-refractivity contribution in [1.82, 2.24) is 0 Å². The molecule has 0 saturated heterocycles. The Morgan fingerprint density at radius 3 is 2.62 bits per heavy atom. The minimum atomic E-state index is -1.18. The Kier molecular flexibility index (Phi) is 2.60. The standard InChI is InChI=1S/C9H8F2O2/c1-5(9(12)13)7-4-6(10)2-3-8(7)11/h2-5H,1H3,(H,12,13). The Labute approximate surface area is 73.8 Å². The minimum absolute atomic E-state index is 0.132. The second-order valence-electron chi connectivity index (χ2n) is 2.73. The molecule has 0 fully saturated rings. The van der Waals surface area contributed by atoms with E-state index in [4.69, 9.17) is 5.11 Å². The number of carboxylic acid groups (broad SMARTS) is 1. The van der Waals surface area contributed by atoms with Crippen LogP contribution in [0.15, 0.2) is 18.2 Å². The Morgan fingerprint density at radius 2 is 2.08 bits per heavy atom. The molecule has 0 radical (unpaired) electrons. The van der Waals surface area contributed by atoms with Crippen LogP contribution in [-0.2, 0) is 4.79 Å². The molecule has 0 saturated carbocycles. The van der Waals surface area contributed by atoms with E-state index in [0.717, 1.165) is 18.2 Å². The predicted molar refractivity (Wildman–Crippen MR) is 42.4 cm³/mol. The molecule has 1 aromatic carbocycles. The van der Waals surface area contributed by atoms with Crippen molar-refractivity contribution in [3.05, 3.63) is 35.4 Å². The van der Waals surface area contributed by atoms with Gasteiger partial charge in [0.15, 0.2) is 0 Å². The van der Waals surface area contributed by atoms with E-state index in [0.29, 0.717) is 0 Å². The molecule has 1 aromatic rings. The van der Waals surface area contributed by atoms with Gasteiger partial charge in [-0.3, -0.25) is 4.79 Å². The summed E-state index contributed by atoms with van der Waals surface area (Å²) < 4.78 is 25.6. The van der Waals surface area contributed by atoms with Crippen LogP contribution in [0.2, 0.25) is 0 Å². The number of carbonyl (C=O) groups is 1. The third kappa shape index (κ3) is 2.02. The normalized spacial score (nSPS) is 12.5. The quantitative estimate of drug-likeness (QED) is 0.768. The molecule has 70 valence electrons. The smallest absolute Gasteiger partial charge is 0.310 e. The Morgan fingerprint density at radius 1 is 1.46 bits per heavy atom. The van der Waals surface area contributed by atoms with Crippen molar-refractivity contribution in [3.63, 3.8) is 0 Å². The molecule has 0 aliphatic heterocycles. The highest BCUT2D eigenvalue weighted by Gasteiger charge is 2.18. The van der Waals surface area contributed by atoms with Crippen LogP contribution in [-0.4, -0.2) is 11.1 Å². The van der Waals surface area contributed by atoms with Gasteiger partial charge < -0.3 is 5.11 Å². The fourth-order valence-electron chi connectivity index (χ4n) is 0.979. The zero-order valence-corrected chi connectivity index (χ0v) is 6.92. The maximum Gasteiger partial charge on any atom is 0.310 e. The van der Waals surface area contributed by atoms with Crippen molar-refractivity contribution >= 4 is 5.97 Å². The SMILES string of the molecule is CC(C(=O)O)c1cc(F)ccc1F. The number of rotatable bonds is 2. The van der Waals surface area contributed by atoms with Crippen molar-refractivity contribution < 1.29 is 18.7 Å². The van der Waals surface area contributed by atoms with Gasteiger partial charge in [-0.25, -0.2) is 8.78 Å². The van der Waals surface area contributed by atoms with Gasteiger partial charge in [0.05, 0.1) is 5.92 Å². The molecule has 0 amide bonds. The number of benzene rings is 1. The van der Waals surface area contributed by atoms with E-state index in [1.54, 1.807) is 0 Å². The molecular formula is C9H8F2O2. The molecule has 0 bridgehead atoms. The van der Waals surface area contributed by atoms with E-state index in [2.05, 4.69) is 0 Å². The number of hydrogen-bond donors (Lipinski definition) is 1. The summed E-state index contributed by atoms with van der Waals surface area (Å²) in [5.74, 6) is -3.54. The lowest BCUT2D eigenvalue weighted by atomic mass is 10.0. The fourth-order valence-corrected chi connectivity index (χ4v) is 0.979. The molecule has 4 heteroatoms. The first-order chi connectivity index (χ1) is 6.02. The van der Waals surface area contributed by atoms with Crippen molar-refractivity contribution in [2.75, 3.05) is 0 Å². The van der Waals surface area contributed by atoms with Crippen LogP contribution in [0.3, 0.4) is 0 Å². The molecule has 13 heavy (non-hydrogen) atoms. The van der Waals surface area contributed by atoms with Crippen LogP contribution < -0.4 is 0 Å². The average Bonchev–Trinajstić information content (AvgIpc) is 2.08. The first kappa shape index (κ1) is 9.64. The van der Waals surface area contributed by atoms with Gasteiger partial charge in [-0.2, -0.15) is 0 Å². The fraction of sp³-hybridized carbons (Fsp3) is 0.222. The maximum atomic E-state index is 13.0. The van der Waals surface area contributed by atoms with E-state index < -0.39 is 23.5 Å². The van der Waals surface area contributed by atoms with Gasteiger partial charge in [0.25, 0.3) is 0 Å². The largest absolute Gasteiger partial charge is 0.481 e. The Balaban J connectivity index is 3.12. The van der Waals surface area contributed by atoms with Crippen molar-refractivity contribution in [1.29, 1.82) is 0 Å². The molecule has 0 heterocycles. The highest BCUT2D eigenvalue weighted by Crippen LogP contribution is 2.19. The summed E-state index contributed by atoms with van der Waals surface area (Å²) in [4.78, 5) is 10.5. The molecule has 0 aliphatic rings. The van der Waals surface area contributed by atoms with E-state index in [-0.39, 0.29) is 5.56 Å². The number of hydrogen-bond acceptors (Lipinski definition) is 1. The van der Waals surface area contributed by atoms with Gasteiger partial charge in [0.1, 0.15) is 11.6 Å². The van der Waals surface area contributed by atoms with E-state index in [9.17, 15) is 13.6 Å². The topological polar surface area (TPSA) is 37.3 Å². The second kappa shape index (κ2) is 3.51. The van der Waals surface area contributed by atoms with E-state index in [1.807, 2.05) is 0 Å². The first-order valence-corrected chi connectivity index (χ1v) is 3.70. The molecule has 0 aromatic heterocycles. The molecule has 1 N–H and O–H groups in total. The lowest BCUT2D eigenvalue weighted by molar-refractivity contribution is -0.138. The van der Waals surface area contributed by atoms with Gasteiger partial charge >= 0.3 is 5.97 Å². The number of carboxylic acids is 1. The van der Waals surface area contributed by atoms with Crippen molar-refractivity contribution in [2.24, 2.45) is 0 Å². The minimum Gasteiger partial charge on any atom is -0.481 e. The summed E-state index contributed by atoms with van der Waals surface area (Å²) >= 11 is 0. The van der Waals surface area contributed by atoms with Gasteiger partial charge in [-0.05, 0) is 25.1 Å². The van der Waals surface area contributed by atoms with Crippen LogP contribution in [0.1, 0.15) is 18.4 Å². The third-order valence-electron chi connectivity index (χ3n) is 1.79. The summed E-state index contributed by atoms with van der Waals surface area (Å²) in [7, 11) is 0. The van der Waals surface area contributed by atoms with Gasteiger partial charge in [0, 0.05) is 5.56 Å². The van der Waals surface area contributed by atoms with Crippen LogP contribution in [0.4, 0.5) is 8.78 Å². The van der Waals surface area contributed by atoms with E-state index >= 15 is 0 Å². The molecule has 0 aliphatic carbocycles. The Bertz CT molecular complexity index is 336. The zero-order chi connectivity index (χ0) is 10.0. The monoisotopic (exact) mass is 186 g/mol. The number of aliphatic carboxylic acids is 1. The molecule has 1 rings (SSSR count). The summed E-state index contributed by atoms with van der Waals surface area (Å²) in [6.45, 7) is 1.31. The molecule has 2 nitrogen and oxygen atoms in total. The van der Waals surface area contributed by atoms with Crippen molar-refractivity contribution in [3.8, 4) is 0 Å². The Hall–Kier alpha value is -1.45. The molecular weight excluding hydrogens is 178 g/mol. The average molecular weight is 186 g/mol. The highest BCUT2D eigenvalue weighted by atomic mass is 19.1. The van der Waals surface area contributed by atoms with Crippen molar-refractivity contribution in [2.45, 2.75) is 12.8 Å². The molecule has 1 atom stereocenters. The maximum absolute atomic E-state index is 13.0. The second-order valence-corrected chi connectivity index (χ2v) is 2.73. The summed E-state index contributed by atoms with van der Waals surface area (Å²) in [6, 6.07) is 2.77. The van der Waals surface area contributed by atoms with Crippen LogP contribution in [0.25, 0.3) is 0 Å². The number of halogens is 2. The van der Waals surface area contributed by atoms with Gasteiger partial charge in [0.2, 0.25) is 0 Å². The summed E-state index contributed by atoms with van der Waals surface area (Å²) in [5, 5.41) is 8.56. The highest BCUT2D eigenvalue weighted by molar-refractivity contribution is 5.75. The lowest BCUT2D eigenvalue weighted by Gasteiger charge is -2.07. The van der Waals surface area contributed by atoms with E-state index in [1.165, 1.54) is 6.92 Å². The van der Waals surface area contributed by atoms with Crippen LogP contribution in [0.5, 0.6) is 0 Å². The molecule has 0 spiro atoms. The predicted octanol–water partition coefficient (Wildman–Crippen LogP) is 2.15. The summed E-state index contributed by atoms with van der Waals surface area (Å²) in [6.07, 6.45) is 0. The van der Waals surface area contributed by atoms with Crippen LogP contribution in [0, 0.1) is 11.6 Å². The van der Waals surface area contributed by atoms with Gasteiger partial charge in [-0.15, -0.1) is 0 Å². The third-order valence-corrected chi connectivity index (χ3v) is 1.79.